The van der Waals surface area contributed by atoms with Crippen LogP contribution in [0.25, 0.3) is 0 Å². The molecule has 0 aromatic carbocycles. The average molecular weight is 306 g/mol. The summed E-state index contributed by atoms with van der Waals surface area (Å²) >= 11 is 0. The van der Waals surface area contributed by atoms with Crippen molar-refractivity contribution in [3.63, 3.8) is 0 Å². The SMILES string of the molecule is CC1CC[C@@]23CCC(=O)C2[C@]1(C)[C@H](C)CC(C)(C)[C@@H](O)[C@@H]3C. The van der Waals surface area contributed by atoms with Gasteiger partial charge in [0.15, 0.2) is 0 Å². The van der Waals surface area contributed by atoms with Crippen LogP contribution < -0.4 is 0 Å². The third kappa shape index (κ3) is 1.85. The molecule has 0 heterocycles. The molecule has 0 amide bonds. The van der Waals surface area contributed by atoms with E-state index in [1.54, 1.807) is 0 Å². The van der Waals surface area contributed by atoms with E-state index in [0.717, 1.165) is 25.7 Å². The van der Waals surface area contributed by atoms with Crippen molar-refractivity contribution in [3.8, 4) is 0 Å². The maximum atomic E-state index is 12.9. The summed E-state index contributed by atoms with van der Waals surface area (Å²) in [6.07, 6.45) is 4.78. The molecule has 0 spiro atoms. The van der Waals surface area contributed by atoms with E-state index < -0.39 is 0 Å². The molecule has 0 aromatic heterocycles. The number of rotatable bonds is 0. The largest absolute Gasteiger partial charge is 0.392 e. The first kappa shape index (κ1) is 16.5. The molecule has 3 aliphatic rings. The third-order valence-electron chi connectivity index (χ3n) is 8.54. The Morgan fingerprint density at radius 3 is 2.32 bits per heavy atom. The van der Waals surface area contributed by atoms with Crippen molar-refractivity contribution in [2.75, 3.05) is 0 Å². The number of carbonyl (C=O) groups excluding carboxylic acids is 1. The van der Waals surface area contributed by atoms with Crippen LogP contribution in [0.15, 0.2) is 0 Å². The van der Waals surface area contributed by atoms with Crippen LogP contribution in [0, 0.1) is 39.9 Å². The molecule has 22 heavy (non-hydrogen) atoms. The molecule has 3 rings (SSSR count). The second kappa shape index (κ2) is 4.82. The number of ketones is 1. The highest BCUT2D eigenvalue weighted by atomic mass is 16.3. The first-order valence-electron chi connectivity index (χ1n) is 9.28. The van der Waals surface area contributed by atoms with E-state index in [9.17, 15) is 9.90 Å². The van der Waals surface area contributed by atoms with Gasteiger partial charge in [-0.2, -0.15) is 0 Å². The van der Waals surface area contributed by atoms with Crippen LogP contribution in [0.3, 0.4) is 0 Å². The first-order chi connectivity index (χ1) is 10.1. The van der Waals surface area contributed by atoms with E-state index in [-0.39, 0.29) is 34.2 Å². The predicted molar refractivity (Wildman–Crippen MR) is 89.4 cm³/mol. The first-order valence-corrected chi connectivity index (χ1v) is 9.28. The fraction of sp³-hybridized carbons (Fsp3) is 0.950. The lowest BCUT2D eigenvalue weighted by Crippen LogP contribution is -2.60. The zero-order valence-electron chi connectivity index (χ0n) is 15.3. The Balaban J connectivity index is 2.19. The van der Waals surface area contributed by atoms with Gasteiger partial charge in [-0.3, -0.25) is 4.79 Å². The van der Waals surface area contributed by atoms with Crippen molar-refractivity contribution in [3.05, 3.63) is 0 Å². The Morgan fingerprint density at radius 2 is 1.68 bits per heavy atom. The van der Waals surface area contributed by atoms with Gasteiger partial charge in [0.25, 0.3) is 0 Å². The van der Waals surface area contributed by atoms with Gasteiger partial charge in [0, 0.05) is 12.3 Å². The summed E-state index contributed by atoms with van der Waals surface area (Å²) < 4.78 is 0. The Bertz CT molecular complexity index is 482. The van der Waals surface area contributed by atoms with E-state index in [4.69, 9.17) is 0 Å². The molecular formula is C20H34O2. The Labute approximate surface area is 136 Å². The van der Waals surface area contributed by atoms with Crippen molar-refractivity contribution < 1.29 is 9.90 Å². The lowest BCUT2D eigenvalue weighted by molar-refractivity contribution is -0.176. The molecule has 3 fully saturated rings. The van der Waals surface area contributed by atoms with Gasteiger partial charge in [-0.05, 0) is 59.7 Å². The molecule has 0 radical (unpaired) electrons. The van der Waals surface area contributed by atoms with E-state index in [0.29, 0.717) is 17.6 Å². The monoisotopic (exact) mass is 306 g/mol. The molecule has 7 atom stereocenters. The fourth-order valence-corrected chi connectivity index (χ4v) is 6.89. The molecular weight excluding hydrogens is 272 g/mol. The van der Waals surface area contributed by atoms with E-state index >= 15 is 0 Å². The summed E-state index contributed by atoms with van der Waals surface area (Å²) in [6.45, 7) is 13.8. The van der Waals surface area contributed by atoms with Gasteiger partial charge in [0.2, 0.25) is 0 Å². The lowest BCUT2D eigenvalue weighted by Gasteiger charge is -2.62. The van der Waals surface area contributed by atoms with Crippen molar-refractivity contribution in [1.29, 1.82) is 0 Å². The molecule has 1 N–H and O–H groups in total. The van der Waals surface area contributed by atoms with Crippen LogP contribution in [0.2, 0.25) is 0 Å². The summed E-state index contributed by atoms with van der Waals surface area (Å²) in [7, 11) is 0. The number of Topliss-reactive ketones (excluding diaryl/α,β-unsaturated/α-hetero) is 1. The number of hydrogen-bond donors (Lipinski definition) is 1. The maximum absolute atomic E-state index is 12.9. The van der Waals surface area contributed by atoms with Gasteiger partial charge in [0.1, 0.15) is 5.78 Å². The van der Waals surface area contributed by atoms with Crippen LogP contribution in [0.5, 0.6) is 0 Å². The molecule has 0 aromatic rings. The van der Waals surface area contributed by atoms with E-state index in [1.165, 1.54) is 6.42 Å². The highest BCUT2D eigenvalue weighted by molar-refractivity contribution is 5.85. The van der Waals surface area contributed by atoms with Crippen molar-refractivity contribution in [2.24, 2.45) is 39.9 Å². The van der Waals surface area contributed by atoms with Crippen LogP contribution in [0.1, 0.15) is 73.6 Å². The predicted octanol–water partition coefficient (Wildman–Crippen LogP) is 4.45. The Hall–Kier alpha value is -0.370. The molecule has 3 aliphatic carbocycles. The minimum absolute atomic E-state index is 0.0453. The van der Waals surface area contributed by atoms with Crippen molar-refractivity contribution in [2.45, 2.75) is 79.8 Å². The Kier molecular flexibility index (Phi) is 3.61. The van der Waals surface area contributed by atoms with Gasteiger partial charge in [0.05, 0.1) is 6.10 Å². The fourth-order valence-electron chi connectivity index (χ4n) is 6.89. The second-order valence-electron chi connectivity index (χ2n) is 9.77. The summed E-state index contributed by atoms with van der Waals surface area (Å²) in [5.41, 5.74) is 0.0714. The molecule has 126 valence electrons. The molecule has 2 nitrogen and oxygen atoms in total. The quantitative estimate of drug-likeness (QED) is 0.718. The van der Waals surface area contributed by atoms with Crippen LogP contribution in [-0.2, 0) is 4.79 Å². The molecule has 3 saturated carbocycles. The molecule has 2 heteroatoms. The Morgan fingerprint density at radius 1 is 1.05 bits per heavy atom. The average Bonchev–Trinajstić information content (AvgIpc) is 2.79. The van der Waals surface area contributed by atoms with E-state index in [1.807, 2.05) is 0 Å². The minimum atomic E-state index is -0.304. The van der Waals surface area contributed by atoms with Gasteiger partial charge >= 0.3 is 0 Å². The van der Waals surface area contributed by atoms with Crippen molar-refractivity contribution in [1.82, 2.24) is 0 Å². The number of aliphatic hydroxyl groups is 1. The lowest BCUT2D eigenvalue weighted by atomic mass is 9.42. The summed E-state index contributed by atoms with van der Waals surface area (Å²) in [4.78, 5) is 12.9. The summed E-state index contributed by atoms with van der Waals surface area (Å²) in [5, 5.41) is 11.1. The van der Waals surface area contributed by atoms with Gasteiger partial charge in [-0.1, -0.05) is 41.5 Å². The molecule has 0 aliphatic heterocycles. The van der Waals surface area contributed by atoms with Gasteiger partial charge in [-0.25, -0.2) is 0 Å². The van der Waals surface area contributed by atoms with Gasteiger partial charge < -0.3 is 5.11 Å². The van der Waals surface area contributed by atoms with Crippen LogP contribution in [0.4, 0.5) is 0 Å². The molecule has 0 saturated heterocycles. The number of carbonyl (C=O) groups is 1. The second-order valence-corrected chi connectivity index (χ2v) is 9.77. The minimum Gasteiger partial charge on any atom is -0.392 e. The summed E-state index contributed by atoms with van der Waals surface area (Å²) in [5.74, 6) is 1.95. The van der Waals surface area contributed by atoms with Crippen LogP contribution >= 0.6 is 0 Å². The maximum Gasteiger partial charge on any atom is 0.137 e. The normalized spacial score (nSPS) is 54.5. The third-order valence-corrected chi connectivity index (χ3v) is 8.54. The number of hydrogen-bond acceptors (Lipinski definition) is 2. The zero-order chi connectivity index (χ0) is 16.5. The van der Waals surface area contributed by atoms with Gasteiger partial charge in [-0.15, -0.1) is 0 Å². The number of aliphatic hydroxyl groups excluding tert-OH is 1. The van der Waals surface area contributed by atoms with E-state index in [2.05, 4.69) is 41.5 Å². The highest BCUT2D eigenvalue weighted by Crippen LogP contribution is 2.68. The smallest absolute Gasteiger partial charge is 0.137 e. The highest BCUT2D eigenvalue weighted by Gasteiger charge is 2.66. The van der Waals surface area contributed by atoms with Crippen LogP contribution in [-0.4, -0.2) is 17.0 Å². The zero-order valence-corrected chi connectivity index (χ0v) is 15.3. The molecule has 2 unspecified atom stereocenters. The summed E-state index contributed by atoms with van der Waals surface area (Å²) in [6, 6.07) is 0. The molecule has 2 bridgehead atoms. The van der Waals surface area contributed by atoms with Crippen molar-refractivity contribution >= 4 is 5.78 Å². The standard InChI is InChI=1S/C20H34O2/c1-12-7-9-20-10-8-15(21)16(20)19(12,6)13(2)11-18(4,5)17(22)14(20)3/h12-14,16-17,22H,7-11H2,1-6H3/t12?,13-,14+,16?,17+,19+,20+/m1/s1. The topological polar surface area (TPSA) is 37.3 Å².